The predicted molar refractivity (Wildman–Crippen MR) is 138 cm³/mol. The molecular formula is C25H40ClN3O8. The Kier molecular flexibility index (Phi) is 13.4. The molecule has 2 fully saturated rings. The third-order valence-corrected chi connectivity index (χ3v) is 5.69. The number of aryl methyl sites for hydroxylation is 1. The summed E-state index contributed by atoms with van der Waals surface area (Å²) in [5, 5.41) is 16.1. The number of urea groups is 1. The van der Waals surface area contributed by atoms with E-state index >= 15 is 0 Å². The number of nitrogens with one attached hydrogen (secondary N) is 2. The van der Waals surface area contributed by atoms with Crippen LogP contribution in [0, 0.1) is 0 Å². The first-order valence-electron chi connectivity index (χ1n) is 12.5. The van der Waals surface area contributed by atoms with Crippen LogP contribution in [0.25, 0.3) is 0 Å². The van der Waals surface area contributed by atoms with Gasteiger partial charge in [0.2, 0.25) is 0 Å². The fraction of sp³-hybridized carbons (Fsp3) is 0.680. The molecule has 3 rings (SSSR count). The number of ether oxygens (including phenoxy) is 5. The van der Waals surface area contributed by atoms with Crippen molar-refractivity contribution >= 4 is 24.4 Å². The maximum atomic E-state index is 12.0. The third-order valence-electron chi connectivity index (χ3n) is 5.69. The molecule has 0 aliphatic carbocycles. The number of aliphatic hydroxyl groups is 1. The molecule has 2 amide bonds. The van der Waals surface area contributed by atoms with Crippen molar-refractivity contribution in [2.24, 2.45) is 0 Å². The molecule has 0 saturated carbocycles. The maximum Gasteiger partial charge on any atom is 0.317 e. The molecule has 37 heavy (non-hydrogen) atoms. The molecule has 2 atom stereocenters. The van der Waals surface area contributed by atoms with E-state index in [9.17, 15) is 14.7 Å². The molecular weight excluding hydrogens is 506 g/mol. The lowest BCUT2D eigenvalue weighted by molar-refractivity contribution is -0.160. The summed E-state index contributed by atoms with van der Waals surface area (Å²) < 4.78 is 27.2. The van der Waals surface area contributed by atoms with Crippen LogP contribution in [0.3, 0.4) is 0 Å². The Hall–Kier alpha value is -2.15. The van der Waals surface area contributed by atoms with Crippen LogP contribution in [-0.2, 0) is 30.2 Å². The van der Waals surface area contributed by atoms with Crippen molar-refractivity contribution in [3.63, 3.8) is 0 Å². The van der Waals surface area contributed by atoms with Crippen molar-refractivity contribution in [3.8, 4) is 5.75 Å². The Morgan fingerprint density at radius 1 is 1.19 bits per heavy atom. The minimum Gasteiger partial charge on any atom is -0.491 e. The van der Waals surface area contributed by atoms with E-state index in [1.54, 1.807) is 4.90 Å². The summed E-state index contributed by atoms with van der Waals surface area (Å²) in [6, 6.07) is 7.29. The summed E-state index contributed by atoms with van der Waals surface area (Å²) in [4.78, 5) is 25.7. The minimum absolute atomic E-state index is 0. The molecule has 3 N–H and O–H groups in total. The van der Waals surface area contributed by atoms with Crippen LogP contribution in [-0.4, -0.2) is 106 Å². The Morgan fingerprint density at radius 3 is 2.59 bits per heavy atom. The number of halogens is 1. The lowest BCUT2D eigenvalue weighted by Crippen LogP contribution is -2.47. The largest absolute Gasteiger partial charge is 0.491 e. The van der Waals surface area contributed by atoms with Crippen LogP contribution in [0.1, 0.15) is 25.8 Å². The molecule has 0 aromatic heterocycles. The molecule has 0 radical (unpaired) electrons. The van der Waals surface area contributed by atoms with E-state index in [0.717, 1.165) is 5.56 Å². The molecule has 0 bridgehead atoms. The van der Waals surface area contributed by atoms with Crippen molar-refractivity contribution in [1.29, 1.82) is 0 Å². The summed E-state index contributed by atoms with van der Waals surface area (Å²) in [5.41, 5.74) is 0.630. The summed E-state index contributed by atoms with van der Waals surface area (Å²) >= 11 is 0. The zero-order chi connectivity index (χ0) is 25.8. The molecule has 12 heteroatoms. The van der Waals surface area contributed by atoms with Crippen molar-refractivity contribution in [3.05, 3.63) is 29.8 Å². The van der Waals surface area contributed by atoms with Gasteiger partial charge in [-0.1, -0.05) is 12.1 Å². The summed E-state index contributed by atoms with van der Waals surface area (Å²) in [5.74, 6) is 0.333. The Morgan fingerprint density at radius 2 is 1.92 bits per heavy atom. The number of carbonyl (C=O) groups excluding carboxylic acids is 2. The zero-order valence-electron chi connectivity index (χ0n) is 21.6. The van der Waals surface area contributed by atoms with Crippen molar-refractivity contribution in [2.45, 2.75) is 44.7 Å². The van der Waals surface area contributed by atoms with Gasteiger partial charge in [-0.25, -0.2) is 4.79 Å². The van der Waals surface area contributed by atoms with Gasteiger partial charge in [-0.2, -0.15) is 0 Å². The molecule has 2 saturated heterocycles. The summed E-state index contributed by atoms with van der Waals surface area (Å²) in [6.45, 7) is 8.28. The quantitative estimate of drug-likeness (QED) is 0.247. The van der Waals surface area contributed by atoms with E-state index in [4.69, 9.17) is 23.7 Å². The smallest absolute Gasteiger partial charge is 0.317 e. The average Bonchev–Trinajstić information content (AvgIpc) is 3.24. The van der Waals surface area contributed by atoms with E-state index < -0.39 is 12.4 Å². The highest BCUT2D eigenvalue weighted by Gasteiger charge is 2.33. The highest BCUT2D eigenvalue weighted by atomic mass is 35.5. The number of benzene rings is 1. The second-order valence-electron chi connectivity index (χ2n) is 9.45. The molecule has 210 valence electrons. The van der Waals surface area contributed by atoms with E-state index in [0.29, 0.717) is 64.7 Å². The first-order chi connectivity index (χ1) is 17.3. The molecule has 0 spiro atoms. The van der Waals surface area contributed by atoms with Crippen molar-refractivity contribution in [1.82, 2.24) is 15.5 Å². The first-order valence-corrected chi connectivity index (χ1v) is 12.5. The minimum atomic E-state index is -0.687. The fourth-order valence-electron chi connectivity index (χ4n) is 3.69. The van der Waals surface area contributed by atoms with Crippen molar-refractivity contribution < 1.29 is 38.4 Å². The number of hydrogen-bond acceptors (Lipinski definition) is 9. The monoisotopic (exact) mass is 545 g/mol. The van der Waals surface area contributed by atoms with Crippen LogP contribution in [0.5, 0.6) is 5.75 Å². The standard InChI is InChI=1S/C25H39N3O8.ClH/c1-25(2)18-35-23(36-25)17-34-22(30)8-5-19-3-6-21(7-4-19)33-16-20(29)15-26-9-10-27-24(31)28-11-13-32-14-12-28;/h3-4,6-7,20,23,26,29H,5,8-18H2,1-2H3,(H,27,31);1H/t20-,23-;/m0./s1. The van der Waals surface area contributed by atoms with Crippen LogP contribution in [0.4, 0.5) is 4.79 Å². The molecule has 2 aliphatic heterocycles. The molecule has 1 aromatic carbocycles. The lowest BCUT2D eigenvalue weighted by atomic mass is 10.1. The molecule has 1 aromatic rings. The van der Waals surface area contributed by atoms with Gasteiger partial charge in [-0.15, -0.1) is 12.4 Å². The lowest BCUT2D eigenvalue weighted by Gasteiger charge is -2.27. The van der Waals surface area contributed by atoms with Gasteiger partial charge in [-0.05, 0) is 38.0 Å². The van der Waals surface area contributed by atoms with Gasteiger partial charge in [0.25, 0.3) is 0 Å². The molecule has 2 heterocycles. The van der Waals surface area contributed by atoms with E-state index in [1.165, 1.54) is 0 Å². The van der Waals surface area contributed by atoms with Crippen LogP contribution < -0.4 is 15.4 Å². The van der Waals surface area contributed by atoms with Crippen LogP contribution in [0.15, 0.2) is 24.3 Å². The zero-order valence-corrected chi connectivity index (χ0v) is 22.4. The Balaban J connectivity index is 0.00000481. The number of aliphatic hydroxyl groups excluding tert-OH is 1. The third kappa shape index (κ3) is 11.8. The van der Waals surface area contributed by atoms with Gasteiger partial charge in [0, 0.05) is 39.1 Å². The Bertz CT molecular complexity index is 821. The van der Waals surface area contributed by atoms with Crippen LogP contribution >= 0.6 is 12.4 Å². The van der Waals surface area contributed by atoms with Gasteiger partial charge in [0.15, 0.2) is 6.29 Å². The van der Waals surface area contributed by atoms with Crippen LogP contribution in [0.2, 0.25) is 0 Å². The average molecular weight is 546 g/mol. The topological polar surface area (TPSA) is 128 Å². The second-order valence-corrected chi connectivity index (χ2v) is 9.45. The van der Waals surface area contributed by atoms with E-state index in [2.05, 4.69) is 10.6 Å². The van der Waals surface area contributed by atoms with Gasteiger partial charge >= 0.3 is 12.0 Å². The van der Waals surface area contributed by atoms with Gasteiger partial charge in [-0.3, -0.25) is 4.79 Å². The van der Waals surface area contributed by atoms with E-state index in [1.807, 2.05) is 38.1 Å². The number of carbonyl (C=O) groups is 2. The molecule has 11 nitrogen and oxygen atoms in total. The highest BCUT2D eigenvalue weighted by Crippen LogP contribution is 2.22. The number of nitrogens with zero attached hydrogens (tertiary/aromatic N) is 1. The SMILES string of the molecule is CC1(C)CO[C@H](COC(=O)CCc2ccc(OC[C@@H](O)CNCCNC(=O)N3CCOCC3)cc2)O1.Cl. The number of morpholine rings is 1. The number of rotatable bonds is 13. The molecule has 2 aliphatic rings. The Labute approximate surface area is 224 Å². The van der Waals surface area contributed by atoms with Gasteiger partial charge < -0.3 is 44.3 Å². The highest BCUT2D eigenvalue weighted by molar-refractivity contribution is 5.85. The normalized spacial score (nSPS) is 19.5. The summed E-state index contributed by atoms with van der Waals surface area (Å²) in [6.07, 6.45) is -0.390. The maximum absolute atomic E-state index is 12.0. The number of hydrogen-bond donors (Lipinski definition) is 3. The first kappa shape index (κ1) is 31.1. The summed E-state index contributed by atoms with van der Waals surface area (Å²) in [7, 11) is 0. The fourth-order valence-corrected chi connectivity index (χ4v) is 3.69. The van der Waals surface area contributed by atoms with Crippen molar-refractivity contribution in [2.75, 3.05) is 65.8 Å². The van der Waals surface area contributed by atoms with Gasteiger partial charge in [0.1, 0.15) is 25.1 Å². The second kappa shape index (κ2) is 16.0. The molecule has 0 unspecified atom stereocenters. The number of amides is 2. The predicted octanol–water partition coefficient (Wildman–Crippen LogP) is 1.11. The number of esters is 1. The van der Waals surface area contributed by atoms with Gasteiger partial charge in [0.05, 0.1) is 25.4 Å². The van der Waals surface area contributed by atoms with E-state index in [-0.39, 0.29) is 49.6 Å².